The van der Waals surface area contributed by atoms with Gasteiger partial charge in [-0.2, -0.15) is 0 Å². The lowest BCUT2D eigenvalue weighted by atomic mass is 10.1. The molecule has 0 spiro atoms. The van der Waals surface area contributed by atoms with Crippen molar-refractivity contribution in [1.82, 2.24) is 5.32 Å². The van der Waals surface area contributed by atoms with E-state index >= 15 is 0 Å². The predicted octanol–water partition coefficient (Wildman–Crippen LogP) is 2.74. The Morgan fingerprint density at radius 3 is 2.45 bits per heavy atom. The average molecular weight is 279 g/mol. The van der Waals surface area contributed by atoms with Crippen molar-refractivity contribution in [3.8, 4) is 5.75 Å². The van der Waals surface area contributed by atoms with E-state index in [0.29, 0.717) is 19.4 Å². The molecule has 0 radical (unpaired) electrons. The number of nitrogens with one attached hydrogen (secondary N) is 1. The molecule has 0 atom stereocenters. The number of ether oxygens (including phenoxy) is 2. The van der Waals surface area contributed by atoms with Crippen molar-refractivity contribution >= 4 is 5.97 Å². The molecule has 4 heteroatoms. The lowest BCUT2D eigenvalue weighted by molar-refractivity contribution is -0.140. The zero-order valence-electron chi connectivity index (χ0n) is 12.9. The normalized spacial score (nSPS) is 10.4. The largest absolute Gasteiger partial charge is 0.493 e. The number of hydrogen-bond acceptors (Lipinski definition) is 4. The van der Waals surface area contributed by atoms with Gasteiger partial charge in [0.1, 0.15) is 5.75 Å². The third kappa shape index (κ3) is 5.21. The van der Waals surface area contributed by atoms with Crippen LogP contribution in [-0.4, -0.2) is 26.2 Å². The quantitative estimate of drug-likeness (QED) is 0.587. The molecule has 0 bridgehead atoms. The van der Waals surface area contributed by atoms with Crippen molar-refractivity contribution < 1.29 is 14.3 Å². The summed E-state index contributed by atoms with van der Waals surface area (Å²) in [5.74, 6) is 0.734. The van der Waals surface area contributed by atoms with Crippen LogP contribution in [-0.2, 0) is 16.1 Å². The van der Waals surface area contributed by atoms with Crippen LogP contribution >= 0.6 is 0 Å². The summed E-state index contributed by atoms with van der Waals surface area (Å²) in [6, 6.07) is 4.29. The van der Waals surface area contributed by atoms with Gasteiger partial charge in [0.05, 0.1) is 13.7 Å². The number of rotatable bonds is 8. The fourth-order valence-electron chi connectivity index (χ4n) is 2.13. The fraction of sp³-hybridized carbons (Fsp3) is 0.562. The Kier molecular flexibility index (Phi) is 7.09. The zero-order valence-corrected chi connectivity index (χ0v) is 12.9. The van der Waals surface area contributed by atoms with E-state index in [-0.39, 0.29) is 5.97 Å². The van der Waals surface area contributed by atoms with Gasteiger partial charge in [0, 0.05) is 13.0 Å². The second-order valence-electron chi connectivity index (χ2n) is 4.87. The molecular weight excluding hydrogens is 254 g/mol. The van der Waals surface area contributed by atoms with Crippen molar-refractivity contribution in [2.75, 3.05) is 20.3 Å². The first-order valence-electron chi connectivity index (χ1n) is 7.09. The van der Waals surface area contributed by atoms with Gasteiger partial charge in [-0.25, -0.2) is 0 Å². The van der Waals surface area contributed by atoms with Crippen LogP contribution in [0.4, 0.5) is 0 Å². The summed E-state index contributed by atoms with van der Waals surface area (Å²) in [6.45, 7) is 8.57. The minimum absolute atomic E-state index is 0.192. The van der Waals surface area contributed by atoms with E-state index in [2.05, 4.69) is 43.0 Å². The van der Waals surface area contributed by atoms with Gasteiger partial charge in [0.2, 0.25) is 0 Å². The number of carbonyl (C=O) groups excluding carboxylic acids is 1. The van der Waals surface area contributed by atoms with Gasteiger partial charge in [-0.15, -0.1) is 0 Å². The van der Waals surface area contributed by atoms with Gasteiger partial charge in [0.25, 0.3) is 0 Å². The Morgan fingerprint density at radius 1 is 1.25 bits per heavy atom. The summed E-state index contributed by atoms with van der Waals surface area (Å²) >= 11 is 0. The molecular formula is C16H25NO3. The standard InChI is InChI=1S/C16H25NO3/c1-5-17-11-14-9-12(2)16(13(3)10-14)20-8-6-7-15(18)19-4/h9-10,17H,5-8,11H2,1-4H3. The van der Waals surface area contributed by atoms with Gasteiger partial charge in [-0.3, -0.25) is 4.79 Å². The number of benzene rings is 1. The van der Waals surface area contributed by atoms with Crippen molar-refractivity contribution in [3.05, 3.63) is 28.8 Å². The van der Waals surface area contributed by atoms with Crippen LogP contribution in [0.1, 0.15) is 36.5 Å². The molecule has 0 aliphatic rings. The predicted molar refractivity (Wildman–Crippen MR) is 80.0 cm³/mol. The van der Waals surface area contributed by atoms with Crippen LogP contribution in [0.25, 0.3) is 0 Å². The van der Waals surface area contributed by atoms with Crippen molar-refractivity contribution in [1.29, 1.82) is 0 Å². The maximum Gasteiger partial charge on any atom is 0.305 e. The molecule has 1 aromatic rings. The van der Waals surface area contributed by atoms with E-state index in [1.54, 1.807) is 0 Å². The van der Waals surface area contributed by atoms with Crippen LogP contribution in [0.15, 0.2) is 12.1 Å². The summed E-state index contributed by atoms with van der Waals surface area (Å²) in [6.07, 6.45) is 1.07. The third-order valence-electron chi connectivity index (χ3n) is 3.10. The maximum absolute atomic E-state index is 11.0. The van der Waals surface area contributed by atoms with E-state index < -0.39 is 0 Å². The van der Waals surface area contributed by atoms with E-state index in [0.717, 1.165) is 30.0 Å². The smallest absolute Gasteiger partial charge is 0.305 e. The fourth-order valence-corrected chi connectivity index (χ4v) is 2.13. The Morgan fingerprint density at radius 2 is 1.90 bits per heavy atom. The summed E-state index contributed by atoms with van der Waals surface area (Å²) in [5, 5.41) is 3.32. The molecule has 1 rings (SSSR count). The molecule has 0 unspecified atom stereocenters. The van der Waals surface area contributed by atoms with Gasteiger partial charge in [-0.05, 0) is 43.5 Å². The van der Waals surface area contributed by atoms with Crippen LogP contribution in [0, 0.1) is 13.8 Å². The number of methoxy groups -OCH3 is 1. The Balaban J connectivity index is 2.55. The topological polar surface area (TPSA) is 47.6 Å². The summed E-state index contributed by atoms with van der Waals surface area (Å²) in [7, 11) is 1.40. The van der Waals surface area contributed by atoms with Crippen LogP contribution in [0.5, 0.6) is 5.75 Å². The van der Waals surface area contributed by atoms with Crippen LogP contribution < -0.4 is 10.1 Å². The van der Waals surface area contributed by atoms with E-state index in [9.17, 15) is 4.79 Å². The molecule has 112 valence electrons. The Bertz CT molecular complexity index is 420. The van der Waals surface area contributed by atoms with Gasteiger partial charge >= 0.3 is 5.97 Å². The molecule has 0 aromatic heterocycles. The highest BCUT2D eigenvalue weighted by Gasteiger charge is 2.07. The lowest BCUT2D eigenvalue weighted by Gasteiger charge is -2.14. The minimum atomic E-state index is -0.192. The first-order valence-corrected chi connectivity index (χ1v) is 7.09. The molecule has 1 N–H and O–H groups in total. The molecule has 0 aliphatic carbocycles. The number of aryl methyl sites for hydroxylation is 2. The molecule has 0 heterocycles. The molecule has 1 aromatic carbocycles. The highest BCUT2D eigenvalue weighted by atomic mass is 16.5. The Hall–Kier alpha value is -1.55. The number of carbonyl (C=O) groups is 1. The maximum atomic E-state index is 11.0. The van der Waals surface area contributed by atoms with E-state index in [1.807, 2.05) is 0 Å². The molecule has 0 fully saturated rings. The SMILES string of the molecule is CCNCc1cc(C)c(OCCCC(=O)OC)c(C)c1. The number of hydrogen-bond donors (Lipinski definition) is 1. The summed E-state index contributed by atoms with van der Waals surface area (Å²) < 4.78 is 10.4. The Labute approximate surface area is 121 Å². The van der Waals surface area contributed by atoms with Crippen molar-refractivity contribution in [3.63, 3.8) is 0 Å². The van der Waals surface area contributed by atoms with Crippen LogP contribution in [0.3, 0.4) is 0 Å². The minimum Gasteiger partial charge on any atom is -0.493 e. The first kappa shape index (κ1) is 16.5. The van der Waals surface area contributed by atoms with Gasteiger partial charge in [-0.1, -0.05) is 19.1 Å². The first-order chi connectivity index (χ1) is 9.58. The molecule has 0 amide bonds. The number of esters is 1. The molecule has 20 heavy (non-hydrogen) atoms. The van der Waals surface area contributed by atoms with Gasteiger partial charge < -0.3 is 14.8 Å². The van der Waals surface area contributed by atoms with E-state index in [1.165, 1.54) is 12.7 Å². The lowest BCUT2D eigenvalue weighted by Crippen LogP contribution is -2.12. The zero-order chi connectivity index (χ0) is 15.0. The molecule has 0 saturated carbocycles. The second kappa shape index (κ2) is 8.59. The van der Waals surface area contributed by atoms with Crippen molar-refractivity contribution in [2.24, 2.45) is 0 Å². The summed E-state index contributed by atoms with van der Waals surface area (Å²) in [4.78, 5) is 11.0. The molecule has 4 nitrogen and oxygen atoms in total. The molecule has 0 aliphatic heterocycles. The van der Waals surface area contributed by atoms with Crippen LogP contribution in [0.2, 0.25) is 0 Å². The molecule has 0 saturated heterocycles. The third-order valence-corrected chi connectivity index (χ3v) is 3.10. The summed E-state index contributed by atoms with van der Waals surface area (Å²) in [5.41, 5.74) is 3.54. The van der Waals surface area contributed by atoms with Gasteiger partial charge in [0.15, 0.2) is 0 Å². The van der Waals surface area contributed by atoms with E-state index in [4.69, 9.17) is 4.74 Å². The van der Waals surface area contributed by atoms with Crippen molar-refractivity contribution in [2.45, 2.75) is 40.2 Å². The average Bonchev–Trinajstić information content (AvgIpc) is 2.43. The second-order valence-corrected chi connectivity index (χ2v) is 4.87. The highest BCUT2D eigenvalue weighted by Crippen LogP contribution is 2.25. The highest BCUT2D eigenvalue weighted by molar-refractivity contribution is 5.69. The monoisotopic (exact) mass is 279 g/mol.